The maximum atomic E-state index is 10.0. The lowest BCUT2D eigenvalue weighted by atomic mass is 10.1. The number of aryl methyl sites for hydroxylation is 1. The SMILES string of the molecule is O=CCCCCCc1ccccc1. The fourth-order valence-electron chi connectivity index (χ4n) is 1.38. The predicted octanol–water partition coefficient (Wildman–Crippen LogP) is 2.99. The lowest BCUT2D eigenvalue weighted by Gasteiger charge is -1.99. The summed E-state index contributed by atoms with van der Waals surface area (Å²) in [5.74, 6) is 0. The Labute approximate surface area is 79.8 Å². The van der Waals surface area contributed by atoms with Crippen LogP contribution in [0.4, 0.5) is 0 Å². The highest BCUT2D eigenvalue weighted by Gasteiger charge is 1.91. The molecule has 1 nitrogen and oxygen atoms in total. The van der Waals surface area contributed by atoms with Crippen LogP contribution in [0.3, 0.4) is 0 Å². The van der Waals surface area contributed by atoms with Crippen molar-refractivity contribution in [2.45, 2.75) is 32.1 Å². The number of benzene rings is 1. The number of aldehydes is 1. The molecule has 0 fully saturated rings. The third kappa shape index (κ3) is 4.46. The quantitative estimate of drug-likeness (QED) is 0.481. The third-order valence-corrected chi connectivity index (χ3v) is 2.13. The molecule has 0 heterocycles. The zero-order valence-electron chi connectivity index (χ0n) is 7.91. The minimum atomic E-state index is 0.717. The molecule has 1 rings (SSSR count). The molecule has 0 spiro atoms. The molecule has 13 heavy (non-hydrogen) atoms. The zero-order chi connectivity index (χ0) is 9.36. The molecule has 0 atom stereocenters. The molecule has 0 N–H and O–H groups in total. The minimum absolute atomic E-state index is 0.717. The van der Waals surface area contributed by atoms with Crippen LogP contribution in [0.2, 0.25) is 0 Å². The second kappa shape index (κ2) is 6.41. The number of hydrogen-bond acceptors (Lipinski definition) is 1. The van der Waals surface area contributed by atoms with Gasteiger partial charge in [-0.2, -0.15) is 0 Å². The van der Waals surface area contributed by atoms with E-state index < -0.39 is 0 Å². The Morgan fingerprint density at radius 2 is 1.77 bits per heavy atom. The molecule has 1 heteroatoms. The highest BCUT2D eigenvalue weighted by atomic mass is 16.1. The van der Waals surface area contributed by atoms with Gasteiger partial charge in [-0.05, 0) is 24.8 Å². The van der Waals surface area contributed by atoms with E-state index in [4.69, 9.17) is 0 Å². The Balaban J connectivity index is 2.10. The molecule has 0 unspecified atom stereocenters. The van der Waals surface area contributed by atoms with Crippen LogP contribution in [0.25, 0.3) is 0 Å². The second-order valence-electron chi connectivity index (χ2n) is 3.25. The van der Waals surface area contributed by atoms with Crippen LogP contribution < -0.4 is 0 Å². The van der Waals surface area contributed by atoms with Crippen LogP contribution in [0.5, 0.6) is 0 Å². The van der Waals surface area contributed by atoms with Crippen molar-refractivity contribution in [3.63, 3.8) is 0 Å². The molecule has 0 amide bonds. The Morgan fingerprint density at radius 3 is 2.46 bits per heavy atom. The molecule has 1 aromatic rings. The van der Waals surface area contributed by atoms with Crippen molar-refractivity contribution in [3.05, 3.63) is 35.9 Å². The van der Waals surface area contributed by atoms with Crippen LogP contribution >= 0.6 is 0 Å². The van der Waals surface area contributed by atoms with Crippen molar-refractivity contribution < 1.29 is 4.79 Å². The second-order valence-corrected chi connectivity index (χ2v) is 3.25. The van der Waals surface area contributed by atoms with E-state index in [0.717, 1.165) is 32.0 Å². The summed E-state index contributed by atoms with van der Waals surface area (Å²) in [7, 11) is 0. The molecule has 0 aromatic heterocycles. The van der Waals surface area contributed by atoms with Gasteiger partial charge in [-0.15, -0.1) is 0 Å². The van der Waals surface area contributed by atoms with Gasteiger partial charge in [-0.25, -0.2) is 0 Å². The summed E-state index contributed by atoms with van der Waals surface area (Å²) in [6, 6.07) is 10.5. The number of carbonyl (C=O) groups excluding carboxylic acids is 1. The maximum Gasteiger partial charge on any atom is 0.119 e. The Hall–Kier alpha value is -1.11. The van der Waals surface area contributed by atoms with E-state index in [1.807, 2.05) is 6.07 Å². The van der Waals surface area contributed by atoms with Crippen LogP contribution in [0.1, 0.15) is 31.2 Å². The lowest BCUT2D eigenvalue weighted by Crippen LogP contribution is -1.85. The fourth-order valence-corrected chi connectivity index (χ4v) is 1.38. The monoisotopic (exact) mass is 176 g/mol. The molecule has 1 aromatic carbocycles. The van der Waals surface area contributed by atoms with E-state index in [9.17, 15) is 4.79 Å². The molecule has 0 aliphatic heterocycles. The first-order valence-corrected chi connectivity index (χ1v) is 4.91. The van der Waals surface area contributed by atoms with Crippen molar-refractivity contribution in [1.82, 2.24) is 0 Å². The van der Waals surface area contributed by atoms with Crippen LogP contribution in [-0.2, 0) is 11.2 Å². The molecule has 70 valence electrons. The Kier molecular flexibility index (Phi) is 4.92. The standard InChI is InChI=1S/C12H16O/c13-11-7-2-1-4-8-12-9-5-3-6-10-12/h3,5-6,9-11H,1-2,4,7-8H2. The van der Waals surface area contributed by atoms with Gasteiger partial charge in [0.05, 0.1) is 0 Å². The van der Waals surface area contributed by atoms with E-state index in [0.29, 0.717) is 0 Å². The zero-order valence-corrected chi connectivity index (χ0v) is 7.91. The van der Waals surface area contributed by atoms with Gasteiger partial charge in [0.1, 0.15) is 6.29 Å². The highest BCUT2D eigenvalue weighted by Crippen LogP contribution is 2.06. The molecule has 0 radical (unpaired) electrons. The van der Waals surface area contributed by atoms with E-state index in [2.05, 4.69) is 24.3 Å². The Morgan fingerprint density at radius 1 is 1.00 bits per heavy atom. The first-order valence-electron chi connectivity index (χ1n) is 4.91. The van der Waals surface area contributed by atoms with E-state index in [1.165, 1.54) is 12.0 Å². The molecule has 0 saturated carbocycles. The number of rotatable bonds is 6. The van der Waals surface area contributed by atoms with E-state index >= 15 is 0 Å². The van der Waals surface area contributed by atoms with Gasteiger partial charge in [0.25, 0.3) is 0 Å². The smallest absolute Gasteiger partial charge is 0.119 e. The topological polar surface area (TPSA) is 17.1 Å². The van der Waals surface area contributed by atoms with Crippen LogP contribution in [0.15, 0.2) is 30.3 Å². The van der Waals surface area contributed by atoms with Gasteiger partial charge in [0, 0.05) is 6.42 Å². The van der Waals surface area contributed by atoms with Crippen molar-refractivity contribution in [3.8, 4) is 0 Å². The first kappa shape index (κ1) is 9.97. The Bertz CT molecular complexity index is 228. The molecule has 0 aliphatic carbocycles. The first-order chi connectivity index (χ1) is 6.43. The maximum absolute atomic E-state index is 10.0. The number of carbonyl (C=O) groups is 1. The van der Waals surface area contributed by atoms with Crippen LogP contribution in [0, 0.1) is 0 Å². The minimum Gasteiger partial charge on any atom is -0.303 e. The highest BCUT2D eigenvalue weighted by molar-refractivity contribution is 5.48. The van der Waals surface area contributed by atoms with Gasteiger partial charge in [-0.3, -0.25) is 0 Å². The molecule has 0 aliphatic rings. The fraction of sp³-hybridized carbons (Fsp3) is 0.417. The summed E-state index contributed by atoms with van der Waals surface area (Å²) < 4.78 is 0. The van der Waals surface area contributed by atoms with Crippen LogP contribution in [-0.4, -0.2) is 6.29 Å². The largest absolute Gasteiger partial charge is 0.303 e. The van der Waals surface area contributed by atoms with Gasteiger partial charge < -0.3 is 4.79 Å². The van der Waals surface area contributed by atoms with Crippen molar-refractivity contribution in [1.29, 1.82) is 0 Å². The summed E-state index contributed by atoms with van der Waals surface area (Å²) in [6.07, 6.45) is 6.25. The van der Waals surface area contributed by atoms with E-state index in [-0.39, 0.29) is 0 Å². The average molecular weight is 176 g/mol. The third-order valence-electron chi connectivity index (χ3n) is 2.13. The summed E-state index contributed by atoms with van der Waals surface area (Å²) in [6.45, 7) is 0. The molecule has 0 saturated heterocycles. The summed E-state index contributed by atoms with van der Waals surface area (Å²) >= 11 is 0. The lowest BCUT2D eigenvalue weighted by molar-refractivity contribution is -0.107. The summed E-state index contributed by atoms with van der Waals surface area (Å²) in [4.78, 5) is 10.0. The van der Waals surface area contributed by atoms with Crippen molar-refractivity contribution >= 4 is 6.29 Å². The van der Waals surface area contributed by atoms with Gasteiger partial charge in [0.15, 0.2) is 0 Å². The molecular weight excluding hydrogens is 160 g/mol. The summed E-state index contributed by atoms with van der Waals surface area (Å²) in [5, 5.41) is 0. The normalized spacial score (nSPS) is 9.85. The van der Waals surface area contributed by atoms with Gasteiger partial charge >= 0.3 is 0 Å². The number of hydrogen-bond donors (Lipinski definition) is 0. The number of unbranched alkanes of at least 4 members (excludes halogenated alkanes) is 3. The summed E-state index contributed by atoms with van der Waals surface area (Å²) in [5.41, 5.74) is 1.40. The van der Waals surface area contributed by atoms with E-state index in [1.54, 1.807) is 0 Å². The van der Waals surface area contributed by atoms with Crippen molar-refractivity contribution in [2.75, 3.05) is 0 Å². The van der Waals surface area contributed by atoms with Gasteiger partial charge in [0.2, 0.25) is 0 Å². The predicted molar refractivity (Wildman–Crippen MR) is 54.7 cm³/mol. The molecular formula is C12H16O. The average Bonchev–Trinajstić information content (AvgIpc) is 2.19. The molecule has 0 bridgehead atoms. The van der Waals surface area contributed by atoms with Crippen molar-refractivity contribution in [2.24, 2.45) is 0 Å². The van der Waals surface area contributed by atoms with Gasteiger partial charge in [-0.1, -0.05) is 36.8 Å².